The van der Waals surface area contributed by atoms with Gasteiger partial charge in [0, 0.05) is 12.6 Å². The number of nitrogens with zero attached hydrogens (tertiary/aromatic N) is 4. The monoisotopic (exact) mass is 518 g/mol. The molecule has 0 aliphatic carbocycles. The molecule has 4 aromatic rings. The molecule has 1 saturated heterocycles. The second kappa shape index (κ2) is 10.7. The number of aliphatic hydroxyl groups is 1. The smallest absolute Gasteiger partial charge is 0.362 e. The van der Waals surface area contributed by atoms with Crippen LogP contribution in [0.2, 0.25) is 0 Å². The van der Waals surface area contributed by atoms with Crippen LogP contribution >= 0.6 is 0 Å². The molecule has 0 radical (unpaired) electrons. The van der Waals surface area contributed by atoms with Crippen molar-refractivity contribution >= 4 is 6.03 Å². The molecule has 1 fully saturated rings. The number of piperidine rings is 1. The number of aromatic nitrogens is 3. The number of amides is 1. The lowest BCUT2D eigenvalue weighted by molar-refractivity contribution is 0.119. The molecule has 1 N–H and O–H groups in total. The Morgan fingerprint density at radius 3 is 2.32 bits per heavy atom. The number of carbonyl (C=O) groups is 1. The molecule has 1 aromatic heterocycles. The summed E-state index contributed by atoms with van der Waals surface area (Å²) < 4.78 is 32.7. The highest BCUT2D eigenvalue weighted by atomic mass is 19.1. The Bertz CT molecular complexity index is 1360. The number of halogens is 2. The summed E-state index contributed by atoms with van der Waals surface area (Å²) in [5, 5.41) is 20.5. The molecule has 9 heteroatoms. The lowest BCUT2D eigenvalue weighted by Gasteiger charge is -2.35. The number of ether oxygens (including phenoxy) is 1. The van der Waals surface area contributed by atoms with E-state index in [1.54, 1.807) is 12.0 Å². The van der Waals surface area contributed by atoms with Gasteiger partial charge in [-0.3, -0.25) is 0 Å². The van der Waals surface area contributed by atoms with E-state index >= 15 is 0 Å². The molecule has 5 rings (SSSR count). The first kappa shape index (κ1) is 25.5. The second-order valence-electron chi connectivity index (χ2n) is 9.42. The molecular weight excluding hydrogens is 490 g/mol. The molecular formula is C29H28F2N4O3. The third-order valence-electron chi connectivity index (χ3n) is 7.04. The number of carbonyl (C=O) groups excluding carboxylic acids is 1. The van der Waals surface area contributed by atoms with E-state index in [0.717, 1.165) is 35.4 Å². The van der Waals surface area contributed by atoms with Crippen molar-refractivity contribution in [1.29, 1.82) is 0 Å². The lowest BCUT2D eigenvalue weighted by atomic mass is 9.84. The molecule has 1 amide bonds. The van der Waals surface area contributed by atoms with Gasteiger partial charge in [-0.1, -0.05) is 41.2 Å². The first-order valence-corrected chi connectivity index (χ1v) is 12.5. The van der Waals surface area contributed by atoms with Crippen LogP contribution in [-0.2, 0) is 12.0 Å². The van der Waals surface area contributed by atoms with Crippen molar-refractivity contribution in [2.24, 2.45) is 0 Å². The number of likely N-dealkylation sites (tertiary alicyclic amines) is 1. The molecule has 1 unspecified atom stereocenters. The fraction of sp³-hybridized carbons (Fsp3) is 0.276. The van der Waals surface area contributed by atoms with E-state index in [1.807, 2.05) is 24.3 Å². The average Bonchev–Trinajstić information content (AvgIpc) is 3.44. The van der Waals surface area contributed by atoms with E-state index in [4.69, 9.17) is 4.74 Å². The van der Waals surface area contributed by atoms with Gasteiger partial charge in [-0.2, -0.15) is 5.10 Å². The highest BCUT2D eigenvalue weighted by Crippen LogP contribution is 2.35. The molecule has 0 saturated carbocycles. The Hall–Kier alpha value is -4.11. The Morgan fingerprint density at radius 1 is 1.03 bits per heavy atom. The first-order chi connectivity index (χ1) is 18.4. The van der Waals surface area contributed by atoms with Crippen LogP contribution in [0.25, 0.3) is 0 Å². The molecule has 0 spiro atoms. The normalized spacial score (nSPS) is 15.9. The Kier molecular flexibility index (Phi) is 7.20. The van der Waals surface area contributed by atoms with Gasteiger partial charge in [-0.05, 0) is 78.8 Å². The number of hydrogen-bond donors (Lipinski definition) is 1. The predicted octanol–water partition coefficient (Wildman–Crippen LogP) is 4.91. The summed E-state index contributed by atoms with van der Waals surface area (Å²) in [5.74, 6) is -0.183. The summed E-state index contributed by atoms with van der Waals surface area (Å²) in [4.78, 5) is 16.3. The molecule has 38 heavy (non-hydrogen) atoms. The van der Waals surface area contributed by atoms with Gasteiger partial charge in [0.05, 0.1) is 13.3 Å². The lowest BCUT2D eigenvalue weighted by Crippen LogP contribution is -2.47. The molecule has 2 heterocycles. The van der Waals surface area contributed by atoms with Crippen LogP contribution in [0.5, 0.6) is 5.75 Å². The summed E-state index contributed by atoms with van der Waals surface area (Å²) in [5.41, 5.74) is -0.157. The van der Waals surface area contributed by atoms with Gasteiger partial charge < -0.3 is 14.7 Å². The van der Waals surface area contributed by atoms with Crippen molar-refractivity contribution in [3.63, 3.8) is 0 Å². The van der Waals surface area contributed by atoms with E-state index < -0.39 is 23.3 Å². The van der Waals surface area contributed by atoms with E-state index in [9.17, 15) is 18.7 Å². The maximum atomic E-state index is 13.7. The van der Waals surface area contributed by atoms with Crippen LogP contribution in [-0.4, -0.2) is 50.7 Å². The molecule has 196 valence electrons. The second-order valence-corrected chi connectivity index (χ2v) is 9.42. The third kappa shape index (κ3) is 5.02. The summed E-state index contributed by atoms with van der Waals surface area (Å²) in [6.07, 6.45) is 4.68. The van der Waals surface area contributed by atoms with Crippen molar-refractivity contribution in [3.8, 4) is 5.75 Å². The molecule has 1 aliphatic rings. The van der Waals surface area contributed by atoms with Crippen LogP contribution in [0.4, 0.5) is 13.6 Å². The SMILES string of the molecule is COc1cccc(CC2CCCCN2C(=O)n2ncc(C(O)(c3ccc(F)cc3)c3ccc(F)cc3)n2)c1. The molecule has 1 aliphatic heterocycles. The van der Waals surface area contributed by atoms with E-state index in [2.05, 4.69) is 10.2 Å². The number of benzene rings is 3. The summed E-state index contributed by atoms with van der Waals surface area (Å²) in [6, 6.07) is 17.9. The number of methoxy groups -OCH3 is 1. The summed E-state index contributed by atoms with van der Waals surface area (Å²) in [6.45, 7) is 0.560. The van der Waals surface area contributed by atoms with Crippen LogP contribution in [0.15, 0.2) is 79.0 Å². The van der Waals surface area contributed by atoms with Crippen LogP contribution in [0.1, 0.15) is 41.6 Å². The molecule has 0 bridgehead atoms. The Balaban J connectivity index is 1.46. The van der Waals surface area contributed by atoms with Crippen LogP contribution < -0.4 is 4.74 Å². The van der Waals surface area contributed by atoms with E-state index in [0.29, 0.717) is 24.1 Å². The van der Waals surface area contributed by atoms with Crippen molar-refractivity contribution in [3.05, 3.63) is 113 Å². The zero-order valence-electron chi connectivity index (χ0n) is 20.9. The van der Waals surface area contributed by atoms with E-state index in [1.165, 1.54) is 54.7 Å². The minimum absolute atomic E-state index is 0.0501. The quantitative estimate of drug-likeness (QED) is 0.392. The van der Waals surface area contributed by atoms with Crippen LogP contribution in [0, 0.1) is 11.6 Å². The standard InChI is InChI=1S/C29H28F2N4O3/c1-38-26-7-4-5-20(18-26)17-25-6-2-3-16-34(25)28(36)35-32-19-27(33-35)29(37,21-8-12-23(30)13-9-21)22-10-14-24(31)15-11-22/h4-5,7-15,18-19,25,37H,2-3,6,16-17H2,1H3. The van der Waals surface area contributed by atoms with Crippen molar-refractivity contribution in [2.45, 2.75) is 37.3 Å². The average molecular weight is 519 g/mol. The fourth-order valence-corrected chi connectivity index (χ4v) is 5.02. The zero-order valence-corrected chi connectivity index (χ0v) is 20.9. The maximum absolute atomic E-state index is 13.7. The fourth-order valence-electron chi connectivity index (χ4n) is 5.02. The largest absolute Gasteiger partial charge is 0.497 e. The Labute approximate surface area is 219 Å². The van der Waals surface area contributed by atoms with E-state index in [-0.39, 0.29) is 11.7 Å². The third-order valence-corrected chi connectivity index (χ3v) is 7.04. The number of rotatable bonds is 6. The molecule has 1 atom stereocenters. The highest BCUT2D eigenvalue weighted by Gasteiger charge is 2.38. The van der Waals surface area contributed by atoms with Gasteiger partial charge in [0.1, 0.15) is 23.1 Å². The predicted molar refractivity (Wildman–Crippen MR) is 137 cm³/mol. The summed E-state index contributed by atoms with van der Waals surface area (Å²) >= 11 is 0. The maximum Gasteiger partial charge on any atom is 0.362 e. The minimum Gasteiger partial charge on any atom is -0.497 e. The first-order valence-electron chi connectivity index (χ1n) is 12.5. The van der Waals surface area contributed by atoms with Gasteiger partial charge >= 0.3 is 6.03 Å². The highest BCUT2D eigenvalue weighted by molar-refractivity contribution is 5.75. The number of hydrogen-bond acceptors (Lipinski definition) is 5. The zero-order chi connectivity index (χ0) is 26.7. The minimum atomic E-state index is -1.89. The van der Waals surface area contributed by atoms with Gasteiger partial charge in [0.2, 0.25) is 0 Å². The summed E-state index contributed by atoms with van der Waals surface area (Å²) in [7, 11) is 1.62. The van der Waals surface area contributed by atoms with Gasteiger partial charge in [-0.15, -0.1) is 5.10 Å². The van der Waals surface area contributed by atoms with Gasteiger partial charge in [0.25, 0.3) is 0 Å². The van der Waals surface area contributed by atoms with Crippen molar-refractivity contribution in [1.82, 2.24) is 19.9 Å². The van der Waals surface area contributed by atoms with Gasteiger partial charge in [0.15, 0.2) is 5.60 Å². The van der Waals surface area contributed by atoms with Crippen LogP contribution in [0.3, 0.4) is 0 Å². The Morgan fingerprint density at radius 2 is 1.68 bits per heavy atom. The van der Waals surface area contributed by atoms with Crippen molar-refractivity contribution < 1.29 is 23.4 Å². The van der Waals surface area contributed by atoms with Gasteiger partial charge in [-0.25, -0.2) is 13.6 Å². The molecule has 3 aromatic carbocycles. The van der Waals surface area contributed by atoms with Crippen molar-refractivity contribution in [2.75, 3.05) is 13.7 Å². The molecule has 7 nitrogen and oxygen atoms in total. The topological polar surface area (TPSA) is 80.5 Å².